The second-order valence-electron chi connectivity index (χ2n) is 3.81. The molecule has 4 heteroatoms. The number of phenolic OH excluding ortho intramolecular Hbond substituents is 2. The van der Waals surface area contributed by atoms with Crippen molar-refractivity contribution in [3.05, 3.63) is 90.2 Å². The highest BCUT2D eigenvalue weighted by atomic mass is 35.5. The lowest BCUT2D eigenvalue weighted by Crippen LogP contribution is -1.62. The number of pyridine rings is 1. The first-order chi connectivity index (χ1) is 10.2. The highest BCUT2D eigenvalue weighted by Gasteiger charge is 1.89. The fraction of sp³-hybridized carbons (Fsp3) is 0. The Balaban J connectivity index is 0.000000159. The third-order valence-corrected chi connectivity index (χ3v) is 2.49. The number of nitrogens with zero attached hydrogens (tertiary/aromatic N) is 1. The number of hydrogen-bond donors (Lipinski definition) is 2. The molecule has 3 aromatic rings. The second-order valence-corrected chi connectivity index (χ2v) is 4.22. The predicted octanol–water partition coefficient (Wildman–Crippen LogP) is 4.52. The lowest BCUT2D eigenvalue weighted by molar-refractivity contribution is 0.475. The molecule has 1 aromatic heterocycles. The van der Waals surface area contributed by atoms with Crippen molar-refractivity contribution in [2.45, 2.75) is 0 Å². The molecule has 0 amide bonds. The van der Waals surface area contributed by atoms with Crippen molar-refractivity contribution in [3.63, 3.8) is 0 Å². The number of halogens is 1. The third kappa shape index (κ3) is 8.29. The first kappa shape index (κ1) is 16.5. The van der Waals surface area contributed by atoms with E-state index in [1.54, 1.807) is 60.9 Å². The van der Waals surface area contributed by atoms with Crippen molar-refractivity contribution >= 4 is 11.6 Å². The van der Waals surface area contributed by atoms with Gasteiger partial charge in [0.2, 0.25) is 0 Å². The average molecular weight is 302 g/mol. The molecule has 3 nitrogen and oxygen atoms in total. The Hall–Kier alpha value is -2.52. The van der Waals surface area contributed by atoms with Crippen molar-refractivity contribution in [2.24, 2.45) is 0 Å². The molecule has 21 heavy (non-hydrogen) atoms. The summed E-state index contributed by atoms with van der Waals surface area (Å²) in [5, 5.41) is 17.8. The van der Waals surface area contributed by atoms with Gasteiger partial charge in [-0.2, -0.15) is 0 Å². The van der Waals surface area contributed by atoms with Crippen LogP contribution in [0.2, 0.25) is 5.02 Å². The van der Waals surface area contributed by atoms with Gasteiger partial charge in [-0.1, -0.05) is 48.0 Å². The lowest BCUT2D eigenvalue weighted by Gasteiger charge is -1.89. The Morgan fingerprint density at radius 3 is 1.48 bits per heavy atom. The van der Waals surface area contributed by atoms with Crippen molar-refractivity contribution in [2.75, 3.05) is 0 Å². The van der Waals surface area contributed by atoms with Gasteiger partial charge < -0.3 is 10.2 Å². The van der Waals surface area contributed by atoms with E-state index in [0.717, 1.165) is 0 Å². The van der Waals surface area contributed by atoms with Gasteiger partial charge in [0.05, 0.1) is 5.02 Å². The van der Waals surface area contributed by atoms with Gasteiger partial charge in [0.25, 0.3) is 0 Å². The van der Waals surface area contributed by atoms with Crippen LogP contribution in [0.3, 0.4) is 0 Å². The molecule has 0 bridgehead atoms. The fourth-order valence-electron chi connectivity index (χ4n) is 1.19. The number of rotatable bonds is 0. The molecule has 0 radical (unpaired) electrons. The topological polar surface area (TPSA) is 53.4 Å². The molecule has 0 atom stereocenters. The van der Waals surface area contributed by atoms with Gasteiger partial charge in [-0.05, 0) is 36.4 Å². The SMILES string of the molecule is Oc1ccccc1.Oc1ccccc1Cl.c1ccncc1. The lowest BCUT2D eigenvalue weighted by atomic mass is 10.3. The highest BCUT2D eigenvalue weighted by molar-refractivity contribution is 6.31. The van der Waals surface area contributed by atoms with Crippen LogP contribution in [-0.4, -0.2) is 15.2 Å². The smallest absolute Gasteiger partial charge is 0.134 e. The third-order valence-electron chi connectivity index (χ3n) is 2.18. The molecule has 2 N–H and O–H groups in total. The van der Waals surface area contributed by atoms with Crippen LogP contribution in [0, 0.1) is 0 Å². The molecule has 2 aromatic carbocycles. The Bertz CT molecular complexity index is 556. The Morgan fingerprint density at radius 2 is 1.19 bits per heavy atom. The Labute approximate surface area is 129 Å². The summed E-state index contributed by atoms with van der Waals surface area (Å²) in [4.78, 5) is 3.78. The van der Waals surface area contributed by atoms with E-state index in [-0.39, 0.29) is 5.75 Å². The first-order valence-corrected chi connectivity index (χ1v) is 6.60. The maximum Gasteiger partial charge on any atom is 0.134 e. The highest BCUT2D eigenvalue weighted by Crippen LogP contribution is 2.20. The van der Waals surface area contributed by atoms with Crippen LogP contribution in [0.25, 0.3) is 0 Å². The van der Waals surface area contributed by atoms with Crippen LogP contribution in [0.1, 0.15) is 0 Å². The van der Waals surface area contributed by atoms with Gasteiger partial charge in [0.15, 0.2) is 0 Å². The van der Waals surface area contributed by atoms with Gasteiger partial charge >= 0.3 is 0 Å². The minimum atomic E-state index is 0.133. The minimum Gasteiger partial charge on any atom is -0.508 e. The van der Waals surface area contributed by atoms with Crippen molar-refractivity contribution in [3.8, 4) is 11.5 Å². The number of benzene rings is 2. The number of aromatic hydroxyl groups is 2. The van der Waals surface area contributed by atoms with Gasteiger partial charge in [-0.3, -0.25) is 4.98 Å². The molecule has 0 spiro atoms. The van der Waals surface area contributed by atoms with Crippen molar-refractivity contribution in [1.29, 1.82) is 0 Å². The first-order valence-electron chi connectivity index (χ1n) is 6.22. The Morgan fingerprint density at radius 1 is 0.667 bits per heavy atom. The zero-order valence-corrected chi connectivity index (χ0v) is 12.1. The molecule has 0 unspecified atom stereocenters. The molecule has 0 aliphatic rings. The van der Waals surface area contributed by atoms with E-state index >= 15 is 0 Å². The maximum absolute atomic E-state index is 8.79. The van der Waals surface area contributed by atoms with E-state index in [4.69, 9.17) is 21.8 Å². The van der Waals surface area contributed by atoms with E-state index in [9.17, 15) is 0 Å². The number of aromatic nitrogens is 1. The standard InChI is InChI=1S/C6H5ClO.C6H6O.C5H5N/c7-5-3-1-2-4-6(5)8;7-6-4-2-1-3-5-6;1-2-4-6-5-3-1/h1-4,8H;1-5,7H;1-5H. The molecule has 108 valence electrons. The van der Waals surface area contributed by atoms with Crippen LogP contribution in [0.5, 0.6) is 11.5 Å². The van der Waals surface area contributed by atoms with E-state index in [2.05, 4.69) is 4.98 Å². The largest absolute Gasteiger partial charge is 0.508 e. The van der Waals surface area contributed by atoms with Crippen molar-refractivity contribution in [1.82, 2.24) is 4.98 Å². The molecule has 0 saturated heterocycles. The zero-order valence-electron chi connectivity index (χ0n) is 11.3. The fourth-order valence-corrected chi connectivity index (χ4v) is 1.33. The van der Waals surface area contributed by atoms with E-state index in [1.807, 2.05) is 24.3 Å². The molecule has 0 aliphatic carbocycles. The molecule has 0 saturated carbocycles. The molecular weight excluding hydrogens is 286 g/mol. The molecular formula is C17H16ClNO2. The summed E-state index contributed by atoms with van der Waals surface area (Å²) in [7, 11) is 0. The predicted molar refractivity (Wildman–Crippen MR) is 85.5 cm³/mol. The molecule has 0 aliphatic heterocycles. The van der Waals surface area contributed by atoms with E-state index in [1.165, 1.54) is 0 Å². The number of phenols is 2. The summed E-state index contributed by atoms with van der Waals surface area (Å²) in [6, 6.07) is 21.1. The van der Waals surface area contributed by atoms with Crippen LogP contribution in [0.4, 0.5) is 0 Å². The number of para-hydroxylation sites is 2. The maximum atomic E-state index is 8.79. The van der Waals surface area contributed by atoms with Crippen LogP contribution >= 0.6 is 11.6 Å². The summed E-state index contributed by atoms with van der Waals surface area (Å²) >= 11 is 5.46. The average Bonchev–Trinajstić information content (AvgIpc) is 2.54. The van der Waals surface area contributed by atoms with Gasteiger partial charge in [0, 0.05) is 12.4 Å². The zero-order chi connectivity index (χ0) is 15.3. The Kier molecular flexibility index (Phi) is 8.10. The molecule has 1 heterocycles. The summed E-state index contributed by atoms with van der Waals surface area (Å²) in [6.07, 6.45) is 3.50. The summed E-state index contributed by atoms with van der Waals surface area (Å²) < 4.78 is 0. The van der Waals surface area contributed by atoms with Gasteiger partial charge in [0.1, 0.15) is 11.5 Å². The summed E-state index contributed by atoms with van der Waals surface area (Å²) in [5.74, 6) is 0.455. The molecule has 3 rings (SSSR count). The second kappa shape index (κ2) is 10.3. The summed E-state index contributed by atoms with van der Waals surface area (Å²) in [6.45, 7) is 0. The monoisotopic (exact) mass is 301 g/mol. The van der Waals surface area contributed by atoms with E-state index < -0.39 is 0 Å². The summed E-state index contributed by atoms with van der Waals surface area (Å²) in [5.41, 5.74) is 0. The normalized spacial score (nSPS) is 8.62. The minimum absolute atomic E-state index is 0.133. The molecule has 0 fully saturated rings. The van der Waals surface area contributed by atoms with E-state index in [0.29, 0.717) is 10.8 Å². The van der Waals surface area contributed by atoms with Gasteiger partial charge in [-0.15, -0.1) is 0 Å². The van der Waals surface area contributed by atoms with Crippen molar-refractivity contribution < 1.29 is 10.2 Å². The van der Waals surface area contributed by atoms with Crippen LogP contribution < -0.4 is 0 Å². The quantitative estimate of drug-likeness (QED) is 0.642. The van der Waals surface area contributed by atoms with Gasteiger partial charge in [-0.25, -0.2) is 0 Å². The van der Waals surface area contributed by atoms with Crippen LogP contribution in [0.15, 0.2) is 85.2 Å². The van der Waals surface area contributed by atoms with Crippen LogP contribution in [-0.2, 0) is 0 Å². The number of hydrogen-bond acceptors (Lipinski definition) is 3.